The summed E-state index contributed by atoms with van der Waals surface area (Å²) < 4.78 is 1.51. The third-order valence-electron chi connectivity index (χ3n) is 2.16. The van der Waals surface area contributed by atoms with Crippen molar-refractivity contribution in [3.05, 3.63) is 30.9 Å². The average Bonchev–Trinajstić information content (AvgIpc) is 2.75. The van der Waals surface area contributed by atoms with Gasteiger partial charge < -0.3 is 0 Å². The second-order valence-electron chi connectivity index (χ2n) is 3.44. The maximum atomic E-state index is 11.8. The number of amides is 2. The van der Waals surface area contributed by atoms with Gasteiger partial charge in [-0.1, -0.05) is 0 Å². The minimum absolute atomic E-state index is 0.272. The molecule has 0 bridgehead atoms. The third kappa shape index (κ3) is 2.57. The standard InChI is InChI=1S/C10H12N6O/c1-15-7-12-9(14-15)13-10(17)16(2)8-4-3-5-11-6-8/h3-7H,1-2H3,(H,13,14,17). The molecule has 0 aliphatic heterocycles. The molecular formula is C10H12N6O. The number of aryl methyl sites for hydroxylation is 1. The summed E-state index contributed by atoms with van der Waals surface area (Å²) in [6.45, 7) is 0. The van der Waals surface area contributed by atoms with Gasteiger partial charge in [-0.25, -0.2) is 9.78 Å². The van der Waals surface area contributed by atoms with Gasteiger partial charge in [0.15, 0.2) is 0 Å². The molecule has 0 aromatic carbocycles. The Morgan fingerprint density at radius 1 is 1.53 bits per heavy atom. The predicted octanol–water partition coefficient (Wildman–Crippen LogP) is 0.878. The molecule has 0 saturated heterocycles. The van der Waals surface area contributed by atoms with Crippen LogP contribution in [0.3, 0.4) is 0 Å². The number of rotatable bonds is 2. The number of pyridine rings is 1. The molecular weight excluding hydrogens is 220 g/mol. The summed E-state index contributed by atoms with van der Waals surface area (Å²) in [6, 6.07) is 3.24. The van der Waals surface area contributed by atoms with Crippen LogP contribution in [0.2, 0.25) is 0 Å². The van der Waals surface area contributed by atoms with E-state index in [4.69, 9.17) is 0 Å². The Morgan fingerprint density at radius 3 is 2.94 bits per heavy atom. The quantitative estimate of drug-likeness (QED) is 0.833. The molecule has 7 heteroatoms. The fourth-order valence-corrected chi connectivity index (χ4v) is 1.25. The molecule has 7 nitrogen and oxygen atoms in total. The van der Waals surface area contributed by atoms with Gasteiger partial charge >= 0.3 is 6.03 Å². The number of hydrogen-bond acceptors (Lipinski definition) is 4. The monoisotopic (exact) mass is 232 g/mol. The molecule has 1 N–H and O–H groups in total. The van der Waals surface area contributed by atoms with Crippen molar-refractivity contribution in [2.24, 2.45) is 7.05 Å². The smallest absolute Gasteiger partial charge is 0.296 e. The minimum Gasteiger partial charge on any atom is -0.296 e. The first-order valence-corrected chi connectivity index (χ1v) is 4.97. The number of urea groups is 1. The lowest BCUT2D eigenvalue weighted by atomic mass is 10.4. The van der Waals surface area contributed by atoms with E-state index in [1.165, 1.54) is 15.9 Å². The highest BCUT2D eigenvalue weighted by Crippen LogP contribution is 2.10. The van der Waals surface area contributed by atoms with Crippen LogP contribution in [-0.2, 0) is 7.05 Å². The van der Waals surface area contributed by atoms with E-state index in [1.54, 1.807) is 38.6 Å². The fourth-order valence-electron chi connectivity index (χ4n) is 1.25. The Hall–Kier alpha value is -2.44. The summed E-state index contributed by atoms with van der Waals surface area (Å²) in [5.41, 5.74) is 0.695. The van der Waals surface area contributed by atoms with Crippen molar-refractivity contribution >= 4 is 17.7 Å². The van der Waals surface area contributed by atoms with E-state index >= 15 is 0 Å². The summed E-state index contributed by atoms with van der Waals surface area (Å²) in [5.74, 6) is 0.272. The van der Waals surface area contributed by atoms with Gasteiger partial charge in [0.2, 0.25) is 5.95 Å². The number of nitrogens with zero attached hydrogens (tertiary/aromatic N) is 5. The van der Waals surface area contributed by atoms with Gasteiger partial charge in [-0.05, 0) is 12.1 Å². The van der Waals surface area contributed by atoms with Crippen molar-refractivity contribution in [2.45, 2.75) is 0 Å². The molecule has 0 aliphatic carbocycles. The van der Waals surface area contributed by atoms with Crippen molar-refractivity contribution in [3.8, 4) is 0 Å². The Balaban J connectivity index is 2.06. The van der Waals surface area contributed by atoms with Crippen LogP contribution in [0.15, 0.2) is 30.9 Å². The Morgan fingerprint density at radius 2 is 2.35 bits per heavy atom. The van der Waals surface area contributed by atoms with E-state index in [0.717, 1.165) is 0 Å². The summed E-state index contributed by atoms with van der Waals surface area (Å²) in [6.07, 6.45) is 4.76. The molecule has 0 saturated carbocycles. The van der Waals surface area contributed by atoms with E-state index in [1.807, 2.05) is 0 Å². The lowest BCUT2D eigenvalue weighted by Crippen LogP contribution is -2.31. The van der Waals surface area contributed by atoms with Crippen LogP contribution in [0.25, 0.3) is 0 Å². The SMILES string of the molecule is CN(C(=O)Nc1ncn(C)n1)c1cccnc1. The molecule has 2 aromatic rings. The number of aromatic nitrogens is 4. The second kappa shape index (κ2) is 4.60. The van der Waals surface area contributed by atoms with Crippen LogP contribution in [-0.4, -0.2) is 32.8 Å². The van der Waals surface area contributed by atoms with Crippen LogP contribution >= 0.6 is 0 Å². The highest BCUT2D eigenvalue weighted by Gasteiger charge is 2.12. The normalized spacial score (nSPS) is 10.0. The van der Waals surface area contributed by atoms with Crippen molar-refractivity contribution < 1.29 is 4.79 Å². The predicted molar refractivity (Wildman–Crippen MR) is 62.7 cm³/mol. The van der Waals surface area contributed by atoms with E-state index in [9.17, 15) is 4.79 Å². The van der Waals surface area contributed by atoms with Crippen molar-refractivity contribution in [1.29, 1.82) is 0 Å². The van der Waals surface area contributed by atoms with E-state index in [0.29, 0.717) is 5.69 Å². The molecule has 0 unspecified atom stereocenters. The molecule has 0 atom stereocenters. The van der Waals surface area contributed by atoms with Gasteiger partial charge in [-0.2, -0.15) is 0 Å². The summed E-state index contributed by atoms with van der Waals surface area (Å²) in [4.78, 5) is 21.1. The molecule has 0 spiro atoms. The van der Waals surface area contributed by atoms with Crippen molar-refractivity contribution in [2.75, 3.05) is 17.3 Å². The van der Waals surface area contributed by atoms with Gasteiger partial charge in [0.1, 0.15) is 6.33 Å². The first-order valence-electron chi connectivity index (χ1n) is 4.97. The van der Waals surface area contributed by atoms with E-state index in [-0.39, 0.29) is 12.0 Å². The van der Waals surface area contributed by atoms with Crippen LogP contribution < -0.4 is 10.2 Å². The van der Waals surface area contributed by atoms with E-state index < -0.39 is 0 Å². The highest BCUT2D eigenvalue weighted by molar-refractivity contribution is 6.00. The summed E-state index contributed by atoms with van der Waals surface area (Å²) in [7, 11) is 3.38. The molecule has 0 radical (unpaired) electrons. The minimum atomic E-state index is -0.316. The van der Waals surface area contributed by atoms with Crippen LogP contribution in [0, 0.1) is 0 Å². The van der Waals surface area contributed by atoms with E-state index in [2.05, 4.69) is 20.4 Å². The number of carbonyl (C=O) groups is 1. The Kier molecular flexibility index (Phi) is 2.99. The first-order chi connectivity index (χ1) is 8.16. The fraction of sp³-hybridized carbons (Fsp3) is 0.200. The number of anilines is 2. The van der Waals surface area contributed by atoms with Gasteiger partial charge in [-0.3, -0.25) is 19.9 Å². The molecule has 2 amide bonds. The largest absolute Gasteiger partial charge is 0.328 e. The van der Waals surface area contributed by atoms with Gasteiger partial charge in [0, 0.05) is 20.3 Å². The lowest BCUT2D eigenvalue weighted by Gasteiger charge is -2.15. The summed E-state index contributed by atoms with van der Waals surface area (Å²) in [5, 5.41) is 6.54. The van der Waals surface area contributed by atoms with Crippen LogP contribution in [0.5, 0.6) is 0 Å². The molecule has 88 valence electrons. The average molecular weight is 232 g/mol. The molecule has 0 fully saturated rings. The molecule has 0 aliphatic rings. The van der Waals surface area contributed by atoms with Crippen molar-refractivity contribution in [1.82, 2.24) is 19.7 Å². The maximum Gasteiger partial charge on any atom is 0.328 e. The third-order valence-corrected chi connectivity index (χ3v) is 2.16. The number of carbonyl (C=O) groups excluding carboxylic acids is 1. The van der Waals surface area contributed by atoms with Crippen LogP contribution in [0.4, 0.5) is 16.4 Å². The molecule has 17 heavy (non-hydrogen) atoms. The lowest BCUT2D eigenvalue weighted by molar-refractivity contribution is 0.258. The van der Waals surface area contributed by atoms with Crippen molar-refractivity contribution in [3.63, 3.8) is 0 Å². The molecule has 2 rings (SSSR count). The maximum absolute atomic E-state index is 11.8. The topological polar surface area (TPSA) is 75.9 Å². The molecule has 2 heterocycles. The second-order valence-corrected chi connectivity index (χ2v) is 3.44. The Bertz CT molecular complexity index is 509. The molecule has 2 aromatic heterocycles. The highest BCUT2D eigenvalue weighted by atomic mass is 16.2. The number of hydrogen-bond donors (Lipinski definition) is 1. The van der Waals surface area contributed by atoms with Gasteiger partial charge in [0.25, 0.3) is 0 Å². The zero-order chi connectivity index (χ0) is 12.3. The zero-order valence-electron chi connectivity index (χ0n) is 9.53. The number of nitrogens with one attached hydrogen (secondary N) is 1. The summed E-state index contributed by atoms with van der Waals surface area (Å²) >= 11 is 0. The Labute approximate surface area is 98.1 Å². The zero-order valence-corrected chi connectivity index (χ0v) is 9.53. The van der Waals surface area contributed by atoms with Gasteiger partial charge in [0.05, 0.1) is 11.9 Å². The van der Waals surface area contributed by atoms with Gasteiger partial charge in [-0.15, -0.1) is 5.10 Å². The van der Waals surface area contributed by atoms with Crippen LogP contribution in [0.1, 0.15) is 0 Å². The first kappa shape index (κ1) is 11.1.